The van der Waals surface area contributed by atoms with Gasteiger partial charge in [0.25, 0.3) is 5.95 Å². The molecule has 0 bridgehead atoms. The van der Waals surface area contributed by atoms with Crippen LogP contribution in [0.2, 0.25) is 0 Å². The van der Waals surface area contributed by atoms with E-state index in [4.69, 9.17) is 14.2 Å². The Labute approximate surface area is 141 Å². The molecule has 4 nitrogen and oxygen atoms in total. The number of allylic oxidation sites excluding steroid dienone is 1. The lowest BCUT2D eigenvalue weighted by Gasteiger charge is -2.46. The maximum Gasteiger partial charge on any atom is 0.294 e. The molecule has 122 valence electrons. The Bertz CT molecular complexity index is 891. The summed E-state index contributed by atoms with van der Waals surface area (Å²) in [6, 6.07) is 14.6. The number of benzene rings is 2. The zero-order valence-electron chi connectivity index (χ0n) is 14.0. The summed E-state index contributed by atoms with van der Waals surface area (Å²) in [5.41, 5.74) is 1.12. The fraction of sp³-hybridized carbons (Fsp3) is 0.350. The molecule has 2 heterocycles. The smallest absolute Gasteiger partial charge is 0.294 e. The number of fused-ring (bicyclic) bond motifs is 5. The quantitative estimate of drug-likeness (QED) is 0.793. The summed E-state index contributed by atoms with van der Waals surface area (Å²) in [5.74, 6) is 1.12. The van der Waals surface area contributed by atoms with E-state index in [0.717, 1.165) is 22.1 Å². The van der Waals surface area contributed by atoms with Gasteiger partial charge in [0.05, 0.1) is 13.7 Å². The van der Waals surface area contributed by atoms with E-state index in [1.807, 2.05) is 32.0 Å². The number of ether oxygens (including phenoxy) is 3. The molecule has 0 fully saturated rings. The monoisotopic (exact) mass is 321 g/mol. The summed E-state index contributed by atoms with van der Waals surface area (Å²) in [6.07, 6.45) is 0. The van der Waals surface area contributed by atoms with Gasteiger partial charge in [0, 0.05) is 17.4 Å². The van der Waals surface area contributed by atoms with E-state index in [0.29, 0.717) is 18.1 Å². The number of nitriles is 1. The van der Waals surface area contributed by atoms with Crippen LogP contribution in [-0.4, -0.2) is 19.3 Å². The highest BCUT2D eigenvalue weighted by atomic mass is 16.7. The molecular weight excluding hydrogens is 302 g/mol. The summed E-state index contributed by atoms with van der Waals surface area (Å²) in [6.45, 7) is 4.57. The Morgan fingerprint density at radius 3 is 2.75 bits per heavy atom. The van der Waals surface area contributed by atoms with Crippen molar-refractivity contribution in [3.8, 4) is 11.8 Å². The molecule has 0 radical (unpaired) electrons. The predicted molar refractivity (Wildman–Crippen MR) is 90.5 cm³/mol. The summed E-state index contributed by atoms with van der Waals surface area (Å²) in [7, 11) is 1.55. The van der Waals surface area contributed by atoms with Crippen molar-refractivity contribution in [3.63, 3.8) is 0 Å². The Balaban J connectivity index is 2.05. The van der Waals surface area contributed by atoms with Gasteiger partial charge in [0.1, 0.15) is 23.0 Å². The molecule has 0 aliphatic carbocycles. The summed E-state index contributed by atoms with van der Waals surface area (Å²) in [5, 5.41) is 12.0. The van der Waals surface area contributed by atoms with Crippen LogP contribution in [0.3, 0.4) is 0 Å². The molecule has 2 aromatic carbocycles. The van der Waals surface area contributed by atoms with E-state index in [2.05, 4.69) is 24.3 Å². The average molecular weight is 321 g/mol. The van der Waals surface area contributed by atoms with Crippen molar-refractivity contribution < 1.29 is 14.2 Å². The van der Waals surface area contributed by atoms with Crippen molar-refractivity contribution in [2.45, 2.75) is 25.4 Å². The van der Waals surface area contributed by atoms with Crippen molar-refractivity contribution in [1.82, 2.24) is 0 Å². The van der Waals surface area contributed by atoms with Gasteiger partial charge in [-0.25, -0.2) is 0 Å². The van der Waals surface area contributed by atoms with Gasteiger partial charge in [-0.3, -0.25) is 0 Å². The van der Waals surface area contributed by atoms with Crippen LogP contribution in [-0.2, 0) is 9.47 Å². The minimum Gasteiger partial charge on any atom is -0.493 e. The highest BCUT2D eigenvalue weighted by molar-refractivity contribution is 5.89. The molecule has 0 unspecified atom stereocenters. The molecule has 0 spiro atoms. The van der Waals surface area contributed by atoms with Crippen molar-refractivity contribution in [3.05, 3.63) is 53.5 Å². The van der Waals surface area contributed by atoms with Gasteiger partial charge in [0.2, 0.25) is 0 Å². The standard InChI is InChI=1S/C20H19NO3/c1-20(2)15-11-23-16-9-8-12-6-4-5-7-13(12)18(16)17(15)14(10-21)19(22-3)24-20/h4-9,15,17H,11H2,1-3H3/t15-,17-/m0/s1. The summed E-state index contributed by atoms with van der Waals surface area (Å²) >= 11 is 0. The lowest BCUT2D eigenvalue weighted by molar-refractivity contribution is -0.110. The lowest BCUT2D eigenvalue weighted by Crippen LogP contribution is -2.47. The van der Waals surface area contributed by atoms with Gasteiger partial charge >= 0.3 is 0 Å². The molecule has 4 heteroatoms. The number of rotatable bonds is 1. The maximum atomic E-state index is 9.79. The second-order valence-corrected chi connectivity index (χ2v) is 6.82. The Morgan fingerprint density at radius 1 is 1.21 bits per heavy atom. The second-order valence-electron chi connectivity index (χ2n) is 6.82. The Morgan fingerprint density at radius 2 is 2.00 bits per heavy atom. The predicted octanol–water partition coefficient (Wildman–Crippen LogP) is 4.12. The summed E-state index contributed by atoms with van der Waals surface area (Å²) in [4.78, 5) is 0. The molecule has 2 aliphatic rings. The molecule has 0 aromatic heterocycles. The van der Waals surface area contributed by atoms with E-state index in [-0.39, 0.29) is 11.8 Å². The molecular formula is C20H19NO3. The van der Waals surface area contributed by atoms with Crippen LogP contribution in [0.4, 0.5) is 0 Å². The van der Waals surface area contributed by atoms with Crippen molar-refractivity contribution in [2.75, 3.05) is 13.7 Å². The number of nitrogens with zero attached hydrogens (tertiary/aromatic N) is 1. The van der Waals surface area contributed by atoms with Crippen LogP contribution in [0.1, 0.15) is 25.3 Å². The third-order valence-electron chi connectivity index (χ3n) is 5.15. The van der Waals surface area contributed by atoms with Gasteiger partial charge in [0.15, 0.2) is 0 Å². The van der Waals surface area contributed by atoms with Crippen LogP contribution < -0.4 is 4.74 Å². The molecule has 2 aromatic rings. The van der Waals surface area contributed by atoms with Gasteiger partial charge in [-0.2, -0.15) is 5.26 Å². The molecule has 4 rings (SSSR count). The maximum absolute atomic E-state index is 9.79. The molecule has 0 saturated heterocycles. The topological polar surface area (TPSA) is 51.5 Å². The zero-order valence-corrected chi connectivity index (χ0v) is 14.0. The second kappa shape index (κ2) is 5.17. The fourth-order valence-corrected chi connectivity index (χ4v) is 3.91. The van der Waals surface area contributed by atoms with E-state index in [9.17, 15) is 5.26 Å². The first-order valence-electron chi connectivity index (χ1n) is 8.08. The van der Waals surface area contributed by atoms with Crippen LogP contribution in [0.15, 0.2) is 47.9 Å². The van der Waals surface area contributed by atoms with E-state index >= 15 is 0 Å². The normalized spacial score (nSPS) is 24.2. The van der Waals surface area contributed by atoms with E-state index in [1.54, 1.807) is 7.11 Å². The molecule has 0 saturated carbocycles. The van der Waals surface area contributed by atoms with Crippen LogP contribution in [0.5, 0.6) is 5.75 Å². The number of hydrogen-bond donors (Lipinski definition) is 0. The third kappa shape index (κ3) is 1.98. The van der Waals surface area contributed by atoms with Crippen molar-refractivity contribution >= 4 is 10.8 Å². The van der Waals surface area contributed by atoms with Crippen molar-refractivity contribution in [1.29, 1.82) is 5.26 Å². The SMILES string of the molecule is COC1=C(C#N)[C@@H]2c3c(ccc4ccccc34)OC[C@@H]2C(C)(C)O1. The van der Waals surface area contributed by atoms with Gasteiger partial charge in [-0.1, -0.05) is 30.3 Å². The Kier molecular flexibility index (Phi) is 3.21. The highest BCUT2D eigenvalue weighted by Gasteiger charge is 2.50. The third-order valence-corrected chi connectivity index (χ3v) is 5.15. The van der Waals surface area contributed by atoms with Crippen molar-refractivity contribution in [2.24, 2.45) is 5.92 Å². The zero-order chi connectivity index (χ0) is 16.9. The number of methoxy groups -OCH3 is 1. The minimum absolute atomic E-state index is 0.0457. The number of hydrogen-bond acceptors (Lipinski definition) is 4. The largest absolute Gasteiger partial charge is 0.493 e. The fourth-order valence-electron chi connectivity index (χ4n) is 3.91. The van der Waals surface area contributed by atoms with E-state index in [1.165, 1.54) is 0 Å². The Hall–Kier alpha value is -2.67. The molecule has 0 amide bonds. The first kappa shape index (κ1) is 14.9. The van der Waals surface area contributed by atoms with E-state index < -0.39 is 5.60 Å². The van der Waals surface area contributed by atoms with Gasteiger partial charge in [-0.05, 0) is 30.7 Å². The molecule has 2 aliphatic heterocycles. The average Bonchev–Trinajstić information content (AvgIpc) is 2.60. The van der Waals surface area contributed by atoms with Crippen LogP contribution in [0, 0.1) is 17.2 Å². The summed E-state index contributed by atoms with van der Waals surface area (Å²) < 4.78 is 17.4. The van der Waals surface area contributed by atoms with Crippen LogP contribution in [0.25, 0.3) is 10.8 Å². The minimum atomic E-state index is -0.481. The first-order valence-corrected chi connectivity index (χ1v) is 8.08. The highest BCUT2D eigenvalue weighted by Crippen LogP contribution is 2.52. The van der Waals surface area contributed by atoms with Gasteiger partial charge in [-0.15, -0.1) is 0 Å². The van der Waals surface area contributed by atoms with Crippen LogP contribution >= 0.6 is 0 Å². The molecule has 24 heavy (non-hydrogen) atoms. The molecule has 0 N–H and O–H groups in total. The first-order chi connectivity index (χ1) is 11.6. The lowest BCUT2D eigenvalue weighted by atomic mass is 9.69. The molecule has 2 atom stereocenters. The van der Waals surface area contributed by atoms with Gasteiger partial charge < -0.3 is 14.2 Å².